The Morgan fingerprint density at radius 3 is 1.79 bits per heavy atom. The van der Waals surface area contributed by atoms with E-state index in [0.29, 0.717) is 0 Å². The lowest BCUT2D eigenvalue weighted by Crippen LogP contribution is -2.45. The van der Waals surface area contributed by atoms with E-state index in [-0.39, 0.29) is 24.8 Å². The number of rotatable bonds is 8. The Morgan fingerprint density at radius 2 is 1.24 bits per heavy atom. The Kier molecular flexibility index (Phi) is 6.54. The Morgan fingerprint density at radius 1 is 0.758 bits per heavy atom. The summed E-state index contributed by atoms with van der Waals surface area (Å²) in [5, 5.41) is 15.5. The van der Waals surface area contributed by atoms with Crippen LogP contribution in [0.3, 0.4) is 0 Å². The lowest BCUT2D eigenvalue weighted by molar-refractivity contribution is -0.142. The molecule has 168 valence electrons. The number of amides is 2. The molecule has 0 radical (unpaired) electrons. The number of carbonyl (C=O) groups excluding carboxylic acids is 2. The van der Waals surface area contributed by atoms with Crippen LogP contribution in [0, 0.1) is 0 Å². The highest BCUT2D eigenvalue weighted by molar-refractivity contribution is 5.90. The number of carboxylic acid groups (broad SMARTS) is 1. The van der Waals surface area contributed by atoms with Gasteiger partial charge in [-0.15, -0.1) is 0 Å². The van der Waals surface area contributed by atoms with Crippen LogP contribution in [0.15, 0.2) is 78.9 Å². The zero-order chi connectivity index (χ0) is 23.4. The molecule has 6 nitrogen and oxygen atoms in total. The van der Waals surface area contributed by atoms with Crippen molar-refractivity contribution in [3.8, 4) is 11.1 Å². The number of hydrogen-bond acceptors (Lipinski definition) is 3. The van der Waals surface area contributed by atoms with Crippen LogP contribution in [0.2, 0.25) is 0 Å². The zero-order valence-corrected chi connectivity index (χ0v) is 18.3. The fraction of sp³-hybridized carbons (Fsp3) is 0.222. The monoisotopic (exact) mass is 442 g/mol. The van der Waals surface area contributed by atoms with Crippen LogP contribution >= 0.6 is 0 Å². The molecule has 1 aliphatic carbocycles. The summed E-state index contributed by atoms with van der Waals surface area (Å²) in [6, 6.07) is 23.6. The quantitative estimate of drug-likeness (QED) is 0.491. The molecule has 0 saturated heterocycles. The highest BCUT2D eigenvalue weighted by Crippen LogP contribution is 2.46. The number of fused-ring (bicyclic) bond motifs is 3. The van der Waals surface area contributed by atoms with Crippen molar-refractivity contribution in [2.45, 2.75) is 37.8 Å². The molecule has 6 heteroatoms. The van der Waals surface area contributed by atoms with Gasteiger partial charge in [0.2, 0.25) is 11.8 Å². The molecule has 0 aliphatic heterocycles. The zero-order valence-electron chi connectivity index (χ0n) is 18.3. The Bertz CT molecular complexity index is 1130. The van der Waals surface area contributed by atoms with Gasteiger partial charge in [-0.25, -0.2) is 4.79 Å². The van der Waals surface area contributed by atoms with E-state index in [0.717, 1.165) is 27.8 Å². The molecule has 3 aromatic rings. The van der Waals surface area contributed by atoms with E-state index in [4.69, 9.17) is 0 Å². The lowest BCUT2D eigenvalue weighted by Gasteiger charge is -2.23. The maximum atomic E-state index is 12.6. The molecule has 3 aromatic carbocycles. The molecule has 0 spiro atoms. The molecule has 2 atom stereocenters. The summed E-state index contributed by atoms with van der Waals surface area (Å²) in [6.45, 7) is 1.88. The average molecular weight is 443 g/mol. The lowest BCUT2D eigenvalue weighted by atomic mass is 9.89. The second kappa shape index (κ2) is 9.69. The third-order valence-electron chi connectivity index (χ3n) is 6.05. The topological polar surface area (TPSA) is 95.5 Å². The van der Waals surface area contributed by atoms with Gasteiger partial charge in [-0.1, -0.05) is 78.9 Å². The van der Waals surface area contributed by atoms with E-state index in [2.05, 4.69) is 10.6 Å². The molecule has 4 rings (SSSR count). The summed E-state index contributed by atoms with van der Waals surface area (Å²) >= 11 is 0. The van der Waals surface area contributed by atoms with Crippen LogP contribution in [0.25, 0.3) is 11.1 Å². The number of carbonyl (C=O) groups is 3. The van der Waals surface area contributed by atoms with Crippen molar-refractivity contribution >= 4 is 17.8 Å². The highest BCUT2D eigenvalue weighted by Gasteiger charge is 2.38. The highest BCUT2D eigenvalue weighted by atomic mass is 16.4. The Hall–Kier alpha value is -3.93. The van der Waals surface area contributed by atoms with Crippen molar-refractivity contribution in [3.05, 3.63) is 95.6 Å². The molecule has 0 aromatic heterocycles. The number of nitrogens with one attached hydrogen (secondary N) is 2. The molecular weight excluding hydrogens is 416 g/mol. The first-order valence-electron chi connectivity index (χ1n) is 11.0. The second-order valence-corrected chi connectivity index (χ2v) is 8.24. The third-order valence-corrected chi connectivity index (χ3v) is 6.05. The molecule has 0 bridgehead atoms. The minimum Gasteiger partial charge on any atom is -0.480 e. The van der Waals surface area contributed by atoms with Crippen LogP contribution in [0.1, 0.15) is 48.4 Å². The second-order valence-electron chi connectivity index (χ2n) is 8.24. The average Bonchev–Trinajstić information content (AvgIpc) is 3.16. The largest absolute Gasteiger partial charge is 0.480 e. The first kappa shape index (κ1) is 22.3. The summed E-state index contributed by atoms with van der Waals surface area (Å²) in [7, 11) is 0. The molecule has 1 aliphatic rings. The number of aliphatic carboxylic acids is 1. The molecule has 3 N–H and O–H groups in total. The number of hydrogen-bond donors (Lipinski definition) is 3. The molecule has 0 heterocycles. The van der Waals surface area contributed by atoms with Crippen molar-refractivity contribution in [2.24, 2.45) is 0 Å². The molecule has 0 fully saturated rings. The normalized spacial score (nSPS) is 14.0. The van der Waals surface area contributed by atoms with Gasteiger partial charge in [-0.2, -0.15) is 0 Å². The van der Waals surface area contributed by atoms with Gasteiger partial charge in [0.15, 0.2) is 0 Å². The van der Waals surface area contributed by atoms with Crippen molar-refractivity contribution < 1.29 is 19.5 Å². The molecule has 0 unspecified atom stereocenters. The molecule has 33 heavy (non-hydrogen) atoms. The van der Waals surface area contributed by atoms with Gasteiger partial charge in [0.25, 0.3) is 0 Å². The predicted molar refractivity (Wildman–Crippen MR) is 126 cm³/mol. The fourth-order valence-corrected chi connectivity index (χ4v) is 4.45. The minimum atomic E-state index is -1.13. The molecule has 2 amide bonds. The third kappa shape index (κ3) is 4.80. The van der Waals surface area contributed by atoms with Gasteiger partial charge in [0.05, 0.1) is 6.04 Å². The summed E-state index contributed by atoms with van der Waals surface area (Å²) < 4.78 is 0. The number of benzene rings is 3. The van der Waals surface area contributed by atoms with Crippen molar-refractivity contribution in [1.29, 1.82) is 0 Å². The van der Waals surface area contributed by atoms with Crippen molar-refractivity contribution in [1.82, 2.24) is 10.6 Å². The van der Waals surface area contributed by atoms with E-state index >= 15 is 0 Å². The van der Waals surface area contributed by atoms with E-state index in [1.54, 1.807) is 0 Å². The van der Waals surface area contributed by atoms with Crippen LogP contribution in [-0.4, -0.2) is 28.9 Å². The van der Waals surface area contributed by atoms with Crippen LogP contribution < -0.4 is 10.6 Å². The van der Waals surface area contributed by atoms with Gasteiger partial charge >= 0.3 is 5.97 Å². The SMILES string of the molecule is C[C@@H](NC(=O)CCC(=O)N[C@@H](C(=O)O)C1c2ccccc2-c2ccccc21)c1ccccc1. The van der Waals surface area contributed by atoms with E-state index < -0.39 is 23.8 Å². The van der Waals surface area contributed by atoms with Crippen molar-refractivity contribution in [3.63, 3.8) is 0 Å². The van der Waals surface area contributed by atoms with Crippen LogP contribution in [0.5, 0.6) is 0 Å². The van der Waals surface area contributed by atoms with Crippen LogP contribution in [0.4, 0.5) is 0 Å². The van der Waals surface area contributed by atoms with Gasteiger partial charge in [0, 0.05) is 18.8 Å². The predicted octanol–water partition coefficient (Wildman–Crippen LogP) is 4.03. The van der Waals surface area contributed by atoms with Gasteiger partial charge < -0.3 is 15.7 Å². The Balaban J connectivity index is 1.42. The minimum absolute atomic E-state index is 0.0206. The van der Waals surface area contributed by atoms with Gasteiger partial charge in [-0.05, 0) is 34.7 Å². The maximum Gasteiger partial charge on any atom is 0.327 e. The summed E-state index contributed by atoms with van der Waals surface area (Å²) in [5.41, 5.74) is 4.68. The Labute approximate surface area is 192 Å². The molecular formula is C27H26N2O4. The van der Waals surface area contributed by atoms with E-state index in [1.807, 2.05) is 85.8 Å². The maximum absolute atomic E-state index is 12.6. The fourth-order valence-electron chi connectivity index (χ4n) is 4.45. The van der Waals surface area contributed by atoms with Crippen molar-refractivity contribution in [2.75, 3.05) is 0 Å². The van der Waals surface area contributed by atoms with Crippen LogP contribution in [-0.2, 0) is 14.4 Å². The smallest absolute Gasteiger partial charge is 0.327 e. The summed E-state index contributed by atoms with van der Waals surface area (Å²) in [4.78, 5) is 37.2. The standard InChI is InChI=1S/C27H26N2O4/c1-17(18-9-3-2-4-10-18)28-23(30)15-16-24(31)29-26(27(32)33)25-21-13-7-5-11-19(21)20-12-6-8-14-22(20)25/h2-14,17,25-26H,15-16H2,1H3,(H,28,30)(H,29,31)(H,32,33)/t17-,26-/m1/s1. The van der Waals surface area contributed by atoms with E-state index in [9.17, 15) is 19.5 Å². The van der Waals surface area contributed by atoms with Gasteiger partial charge in [0.1, 0.15) is 6.04 Å². The summed E-state index contributed by atoms with van der Waals surface area (Å²) in [5.74, 6) is -2.33. The van der Waals surface area contributed by atoms with E-state index in [1.165, 1.54) is 0 Å². The van der Waals surface area contributed by atoms with Gasteiger partial charge in [-0.3, -0.25) is 9.59 Å². The molecule has 0 saturated carbocycles. The number of carboxylic acids is 1. The summed E-state index contributed by atoms with van der Waals surface area (Å²) in [6.07, 6.45) is -0.111. The first-order chi connectivity index (χ1) is 16.0. The first-order valence-corrected chi connectivity index (χ1v) is 11.0.